The van der Waals surface area contributed by atoms with Gasteiger partial charge in [0, 0.05) is 17.2 Å². The van der Waals surface area contributed by atoms with E-state index in [1.54, 1.807) is 0 Å². The lowest BCUT2D eigenvalue weighted by Gasteiger charge is -2.38. The van der Waals surface area contributed by atoms with Crippen LogP contribution in [0.1, 0.15) is 17.2 Å². The van der Waals surface area contributed by atoms with E-state index >= 15 is 0 Å². The van der Waals surface area contributed by atoms with Gasteiger partial charge >= 0.3 is 0 Å². The lowest BCUT2D eigenvalue weighted by atomic mass is 9.96. The number of anilines is 1. The Morgan fingerprint density at radius 3 is 1.97 bits per heavy atom. The molecule has 1 fully saturated rings. The van der Waals surface area contributed by atoms with Crippen molar-refractivity contribution >= 4 is 23.0 Å². The number of quaternary nitrogens is 1. The third kappa shape index (κ3) is 4.66. The van der Waals surface area contributed by atoms with Crippen LogP contribution in [0.4, 0.5) is 14.5 Å². The minimum absolute atomic E-state index is 0.197. The zero-order valence-corrected chi connectivity index (χ0v) is 17.3. The third-order valence-corrected chi connectivity index (χ3v) is 5.90. The molecule has 30 heavy (non-hydrogen) atoms. The number of hydrogen-bond acceptors (Lipinski definition) is 1. The maximum absolute atomic E-state index is 13.9. The molecule has 154 valence electrons. The summed E-state index contributed by atoms with van der Waals surface area (Å²) in [4.78, 5) is 3.52. The van der Waals surface area contributed by atoms with E-state index in [9.17, 15) is 8.78 Å². The standard InChI is InChI=1S/C24H23F2N3S/c25-20-11-12-22(21(26)17-20)27-24(30)29-15-13-28(14-16-29)23(18-7-3-1-4-8-18)19-9-5-2-6-10-19/h1-12,17,23H,13-16H2,(H,27,30)/p+1. The summed E-state index contributed by atoms with van der Waals surface area (Å²) in [6, 6.07) is 24.8. The average molecular weight is 425 g/mol. The molecule has 1 aliphatic heterocycles. The molecule has 0 saturated carbocycles. The van der Waals surface area contributed by atoms with Crippen LogP contribution in [0.2, 0.25) is 0 Å². The molecular formula is C24H24F2N3S+. The quantitative estimate of drug-likeness (QED) is 0.624. The normalized spacial score (nSPS) is 14.7. The Kier molecular flexibility index (Phi) is 6.35. The molecule has 0 radical (unpaired) electrons. The third-order valence-electron chi connectivity index (χ3n) is 5.54. The van der Waals surface area contributed by atoms with Crippen molar-refractivity contribution in [1.82, 2.24) is 4.90 Å². The highest BCUT2D eigenvalue weighted by Crippen LogP contribution is 2.20. The molecule has 0 atom stereocenters. The van der Waals surface area contributed by atoms with Gasteiger partial charge in [0.15, 0.2) is 5.11 Å². The van der Waals surface area contributed by atoms with Gasteiger partial charge in [-0.25, -0.2) is 8.78 Å². The molecule has 1 aliphatic rings. The molecule has 1 saturated heterocycles. The monoisotopic (exact) mass is 424 g/mol. The van der Waals surface area contributed by atoms with E-state index in [2.05, 4.69) is 58.7 Å². The van der Waals surface area contributed by atoms with Gasteiger partial charge in [-0.3, -0.25) is 0 Å². The van der Waals surface area contributed by atoms with Gasteiger partial charge in [0.05, 0.1) is 31.9 Å². The number of piperazine rings is 1. The highest BCUT2D eigenvalue weighted by Gasteiger charge is 2.30. The van der Waals surface area contributed by atoms with Crippen LogP contribution in [0.25, 0.3) is 0 Å². The molecular weight excluding hydrogens is 400 g/mol. The molecule has 0 aliphatic carbocycles. The number of benzene rings is 3. The summed E-state index contributed by atoms with van der Waals surface area (Å²) in [5, 5.41) is 3.39. The Morgan fingerprint density at radius 1 is 0.867 bits per heavy atom. The van der Waals surface area contributed by atoms with E-state index < -0.39 is 11.6 Å². The van der Waals surface area contributed by atoms with E-state index in [1.165, 1.54) is 28.2 Å². The highest BCUT2D eigenvalue weighted by molar-refractivity contribution is 7.80. The first-order valence-corrected chi connectivity index (χ1v) is 10.5. The van der Waals surface area contributed by atoms with Gasteiger partial charge in [0.1, 0.15) is 17.7 Å². The van der Waals surface area contributed by atoms with Crippen molar-refractivity contribution < 1.29 is 13.7 Å². The zero-order valence-electron chi connectivity index (χ0n) is 16.5. The molecule has 4 rings (SSSR count). The highest BCUT2D eigenvalue weighted by atomic mass is 32.1. The fraction of sp³-hybridized carbons (Fsp3) is 0.208. The van der Waals surface area contributed by atoms with Crippen molar-refractivity contribution in [2.24, 2.45) is 0 Å². The summed E-state index contributed by atoms with van der Waals surface area (Å²) < 4.78 is 27.1. The van der Waals surface area contributed by atoms with Crippen molar-refractivity contribution in [2.45, 2.75) is 6.04 Å². The van der Waals surface area contributed by atoms with Gasteiger partial charge in [-0.05, 0) is 24.4 Å². The predicted molar refractivity (Wildman–Crippen MR) is 120 cm³/mol. The van der Waals surface area contributed by atoms with Gasteiger partial charge in [-0.2, -0.15) is 0 Å². The predicted octanol–water partition coefficient (Wildman–Crippen LogP) is 3.65. The van der Waals surface area contributed by atoms with Gasteiger partial charge in [0.2, 0.25) is 0 Å². The number of thiocarbonyl (C=S) groups is 1. The maximum Gasteiger partial charge on any atom is 0.173 e. The Labute approximate surface area is 180 Å². The van der Waals surface area contributed by atoms with E-state index in [0.29, 0.717) is 5.11 Å². The van der Waals surface area contributed by atoms with Gasteiger partial charge in [0.25, 0.3) is 0 Å². The molecule has 1 heterocycles. The molecule has 0 unspecified atom stereocenters. The first kappa shape index (κ1) is 20.4. The second-order valence-corrected chi connectivity index (χ2v) is 7.84. The average Bonchev–Trinajstić information content (AvgIpc) is 2.78. The maximum atomic E-state index is 13.9. The number of hydrogen-bond donors (Lipinski definition) is 2. The molecule has 0 bridgehead atoms. The fourth-order valence-corrected chi connectivity index (χ4v) is 4.32. The Bertz CT molecular complexity index is 950. The molecule has 2 N–H and O–H groups in total. The first-order valence-electron chi connectivity index (χ1n) is 10.1. The summed E-state index contributed by atoms with van der Waals surface area (Å²) in [6.45, 7) is 3.34. The van der Waals surface area contributed by atoms with Crippen LogP contribution in [0.15, 0.2) is 78.9 Å². The number of nitrogens with zero attached hydrogens (tertiary/aromatic N) is 1. The Hall–Kier alpha value is -2.83. The Morgan fingerprint density at radius 2 is 1.43 bits per heavy atom. The molecule has 0 aromatic heterocycles. The SMILES string of the molecule is Fc1ccc(NC(=S)N2CC[NH+](C(c3ccccc3)c3ccccc3)CC2)c(F)c1. The van der Waals surface area contributed by atoms with E-state index in [1.807, 2.05) is 12.1 Å². The van der Waals surface area contributed by atoms with Crippen molar-refractivity contribution in [2.75, 3.05) is 31.5 Å². The fourth-order valence-electron chi connectivity index (χ4n) is 4.03. The molecule has 0 amide bonds. The van der Waals surface area contributed by atoms with Crippen LogP contribution >= 0.6 is 12.2 Å². The van der Waals surface area contributed by atoms with Crippen molar-refractivity contribution in [3.8, 4) is 0 Å². The summed E-state index contributed by atoms with van der Waals surface area (Å²) in [5.74, 6) is -1.25. The second kappa shape index (κ2) is 9.32. The van der Waals surface area contributed by atoms with Crippen LogP contribution in [0.5, 0.6) is 0 Å². The summed E-state index contributed by atoms with van der Waals surface area (Å²) in [7, 11) is 0. The van der Waals surface area contributed by atoms with E-state index in [-0.39, 0.29) is 11.7 Å². The largest absolute Gasteiger partial charge is 0.338 e. The lowest BCUT2D eigenvalue weighted by Crippen LogP contribution is -3.15. The smallest absolute Gasteiger partial charge is 0.173 e. The van der Waals surface area contributed by atoms with Gasteiger partial charge in [-0.15, -0.1) is 0 Å². The first-order chi connectivity index (χ1) is 14.6. The van der Waals surface area contributed by atoms with Crippen LogP contribution in [0.3, 0.4) is 0 Å². The lowest BCUT2D eigenvalue weighted by molar-refractivity contribution is -0.929. The molecule has 3 nitrogen and oxygen atoms in total. The minimum atomic E-state index is -0.644. The van der Waals surface area contributed by atoms with Gasteiger partial charge < -0.3 is 15.1 Å². The molecule has 3 aromatic rings. The minimum Gasteiger partial charge on any atom is -0.338 e. The summed E-state index contributed by atoms with van der Waals surface area (Å²) in [6.07, 6.45) is 0. The number of nitrogens with one attached hydrogen (secondary N) is 2. The van der Waals surface area contributed by atoms with E-state index in [4.69, 9.17) is 12.2 Å². The van der Waals surface area contributed by atoms with Crippen LogP contribution in [0, 0.1) is 11.6 Å². The molecule has 3 aromatic carbocycles. The molecule has 6 heteroatoms. The van der Waals surface area contributed by atoms with Crippen LogP contribution in [-0.4, -0.2) is 36.2 Å². The summed E-state index contributed by atoms with van der Waals surface area (Å²) in [5.41, 5.74) is 2.78. The molecule has 0 spiro atoms. The topological polar surface area (TPSA) is 19.7 Å². The van der Waals surface area contributed by atoms with Gasteiger partial charge in [-0.1, -0.05) is 60.7 Å². The Balaban J connectivity index is 1.45. The van der Waals surface area contributed by atoms with Crippen molar-refractivity contribution in [3.05, 3.63) is 102 Å². The zero-order chi connectivity index (χ0) is 20.9. The van der Waals surface area contributed by atoms with Crippen molar-refractivity contribution in [1.29, 1.82) is 0 Å². The van der Waals surface area contributed by atoms with Crippen LogP contribution in [-0.2, 0) is 0 Å². The second-order valence-electron chi connectivity index (χ2n) is 7.45. The van der Waals surface area contributed by atoms with E-state index in [0.717, 1.165) is 32.2 Å². The number of rotatable bonds is 4. The number of halogens is 2. The van der Waals surface area contributed by atoms with Crippen LogP contribution < -0.4 is 10.2 Å². The van der Waals surface area contributed by atoms with Crippen molar-refractivity contribution in [3.63, 3.8) is 0 Å². The summed E-state index contributed by atoms with van der Waals surface area (Å²) >= 11 is 5.48.